The summed E-state index contributed by atoms with van der Waals surface area (Å²) in [4.78, 5) is 12.6. The van der Waals surface area contributed by atoms with Crippen molar-refractivity contribution in [3.05, 3.63) is 12.2 Å². The smallest absolute Gasteiger partial charge is 0.333 e. The molecule has 148 valence electrons. The van der Waals surface area contributed by atoms with Crippen LogP contribution in [-0.4, -0.2) is 29.6 Å². The second kappa shape index (κ2) is 6.63. The monoisotopic (exact) mass is 364 g/mol. The summed E-state index contributed by atoms with van der Waals surface area (Å²) in [5.41, 5.74) is -0.635. The fourth-order valence-electron chi connectivity index (χ4n) is 5.50. The highest BCUT2D eigenvalue weighted by Gasteiger charge is 2.71. The summed E-state index contributed by atoms with van der Waals surface area (Å²) in [7, 11) is 0. The lowest BCUT2D eigenvalue weighted by Gasteiger charge is -2.65. The Hall–Kier alpha value is -0.870. The summed E-state index contributed by atoms with van der Waals surface area (Å²) in [6.07, 6.45) is 5.15. The SMILES string of the molecule is C=C(C)C(=O)OC12CC3CC(CC(C3)C1(OCC(C)C)OC(C)(C)C)C2. The van der Waals surface area contributed by atoms with Crippen molar-refractivity contribution in [1.29, 1.82) is 0 Å². The van der Waals surface area contributed by atoms with Crippen molar-refractivity contribution in [2.45, 2.75) is 90.6 Å². The number of carbonyl (C=O) groups is 1. The number of hydrogen-bond donors (Lipinski definition) is 0. The maximum Gasteiger partial charge on any atom is 0.333 e. The number of carbonyl (C=O) groups excluding carboxylic acids is 1. The molecule has 3 atom stereocenters. The molecule has 4 nitrogen and oxygen atoms in total. The van der Waals surface area contributed by atoms with Crippen LogP contribution in [0.1, 0.15) is 73.6 Å². The van der Waals surface area contributed by atoms with Crippen molar-refractivity contribution in [2.75, 3.05) is 6.61 Å². The van der Waals surface area contributed by atoms with Gasteiger partial charge in [0, 0.05) is 11.5 Å². The summed E-state index contributed by atoms with van der Waals surface area (Å²) < 4.78 is 19.5. The van der Waals surface area contributed by atoms with E-state index >= 15 is 0 Å². The summed E-state index contributed by atoms with van der Waals surface area (Å²) in [5, 5.41) is 0. The maximum atomic E-state index is 12.6. The topological polar surface area (TPSA) is 44.8 Å². The summed E-state index contributed by atoms with van der Waals surface area (Å²) in [5.74, 6) is 0.705. The van der Waals surface area contributed by atoms with Gasteiger partial charge in [0.05, 0.1) is 12.2 Å². The molecule has 0 aromatic heterocycles. The molecule has 0 heterocycles. The van der Waals surface area contributed by atoms with Crippen molar-refractivity contribution >= 4 is 5.97 Å². The van der Waals surface area contributed by atoms with Gasteiger partial charge in [-0.15, -0.1) is 0 Å². The van der Waals surface area contributed by atoms with E-state index in [0.717, 1.165) is 25.7 Å². The fraction of sp³-hybridized carbons (Fsp3) is 0.864. The van der Waals surface area contributed by atoms with Crippen LogP contribution in [0.25, 0.3) is 0 Å². The first-order valence-corrected chi connectivity index (χ1v) is 10.2. The Morgan fingerprint density at radius 1 is 1.15 bits per heavy atom. The van der Waals surface area contributed by atoms with Crippen LogP contribution >= 0.6 is 0 Å². The summed E-state index contributed by atoms with van der Waals surface area (Å²) in [6.45, 7) is 16.6. The van der Waals surface area contributed by atoms with Gasteiger partial charge in [0.25, 0.3) is 0 Å². The van der Waals surface area contributed by atoms with Gasteiger partial charge in [-0.2, -0.15) is 0 Å². The molecule has 0 aromatic carbocycles. The number of rotatable bonds is 6. The highest BCUT2D eigenvalue weighted by molar-refractivity contribution is 5.87. The molecule has 4 bridgehead atoms. The molecule has 0 aromatic rings. The predicted octanol–water partition coefficient (Wildman–Crippen LogP) is 4.87. The first-order valence-electron chi connectivity index (χ1n) is 10.2. The lowest BCUT2D eigenvalue weighted by Crippen LogP contribution is -2.73. The fourth-order valence-corrected chi connectivity index (χ4v) is 5.50. The lowest BCUT2D eigenvalue weighted by molar-refractivity contribution is -0.413. The minimum Gasteiger partial charge on any atom is -0.450 e. The molecule has 0 amide bonds. The molecular formula is C22H36O4. The van der Waals surface area contributed by atoms with Gasteiger partial charge >= 0.3 is 5.97 Å². The molecule has 0 radical (unpaired) electrons. The first kappa shape index (κ1) is 19.9. The van der Waals surface area contributed by atoms with Crippen molar-refractivity contribution in [2.24, 2.45) is 23.7 Å². The van der Waals surface area contributed by atoms with Crippen LogP contribution in [0.4, 0.5) is 0 Å². The molecule has 0 saturated heterocycles. The van der Waals surface area contributed by atoms with E-state index in [1.54, 1.807) is 6.92 Å². The van der Waals surface area contributed by atoms with Crippen molar-refractivity contribution in [3.8, 4) is 0 Å². The van der Waals surface area contributed by atoms with E-state index in [9.17, 15) is 4.79 Å². The van der Waals surface area contributed by atoms with Crippen LogP contribution in [0.2, 0.25) is 0 Å². The highest BCUT2D eigenvalue weighted by atomic mass is 16.7. The average Bonchev–Trinajstić information content (AvgIpc) is 2.47. The molecule has 4 heteroatoms. The van der Waals surface area contributed by atoms with Crippen molar-refractivity contribution in [1.82, 2.24) is 0 Å². The average molecular weight is 365 g/mol. The second-order valence-electron chi connectivity index (χ2n) is 10.3. The molecule has 0 spiro atoms. The Morgan fingerprint density at radius 2 is 1.73 bits per heavy atom. The van der Waals surface area contributed by atoms with Crippen LogP contribution in [0.5, 0.6) is 0 Å². The predicted molar refractivity (Wildman–Crippen MR) is 102 cm³/mol. The third kappa shape index (κ3) is 3.47. The maximum absolute atomic E-state index is 12.6. The van der Waals surface area contributed by atoms with Crippen LogP contribution in [0, 0.1) is 23.7 Å². The zero-order chi connectivity index (χ0) is 19.3. The zero-order valence-electron chi connectivity index (χ0n) is 17.4. The summed E-state index contributed by atoms with van der Waals surface area (Å²) >= 11 is 0. The Morgan fingerprint density at radius 3 is 2.19 bits per heavy atom. The zero-order valence-corrected chi connectivity index (χ0v) is 17.4. The van der Waals surface area contributed by atoms with Gasteiger partial charge in [0.15, 0.2) is 5.60 Å². The van der Waals surface area contributed by atoms with Gasteiger partial charge < -0.3 is 14.2 Å². The minimum atomic E-state index is -0.853. The number of hydrogen-bond acceptors (Lipinski definition) is 4. The summed E-state index contributed by atoms with van der Waals surface area (Å²) in [6, 6.07) is 0. The molecule has 3 unspecified atom stereocenters. The van der Waals surface area contributed by atoms with Gasteiger partial charge in [-0.3, -0.25) is 0 Å². The van der Waals surface area contributed by atoms with Gasteiger partial charge in [-0.25, -0.2) is 4.79 Å². The van der Waals surface area contributed by atoms with Crippen LogP contribution in [0.3, 0.4) is 0 Å². The van der Waals surface area contributed by atoms with E-state index in [1.807, 2.05) is 0 Å². The molecular weight excluding hydrogens is 328 g/mol. The molecule has 0 N–H and O–H groups in total. The molecule has 4 aliphatic carbocycles. The Labute approximate surface area is 158 Å². The minimum absolute atomic E-state index is 0.282. The standard InChI is InChI=1S/C22H36O4/c1-14(2)13-24-22(26-20(5,6)7)18-9-16-8-17(10-18)12-21(22,11-16)25-19(23)15(3)4/h14,16-18H,3,8-13H2,1-2,4-7H3. The van der Waals surface area contributed by atoms with Gasteiger partial charge in [0.1, 0.15) is 0 Å². The third-order valence-corrected chi connectivity index (χ3v) is 6.04. The quantitative estimate of drug-likeness (QED) is 0.383. The third-order valence-electron chi connectivity index (χ3n) is 6.04. The van der Waals surface area contributed by atoms with Crippen molar-refractivity contribution < 1.29 is 19.0 Å². The van der Waals surface area contributed by atoms with Crippen LogP contribution in [0.15, 0.2) is 12.2 Å². The van der Waals surface area contributed by atoms with E-state index in [4.69, 9.17) is 14.2 Å². The van der Waals surface area contributed by atoms with Crippen LogP contribution < -0.4 is 0 Å². The lowest BCUT2D eigenvalue weighted by atomic mass is 9.51. The normalized spacial score (nSPS) is 38.7. The van der Waals surface area contributed by atoms with E-state index in [0.29, 0.717) is 29.9 Å². The van der Waals surface area contributed by atoms with E-state index in [-0.39, 0.29) is 17.5 Å². The van der Waals surface area contributed by atoms with Crippen molar-refractivity contribution in [3.63, 3.8) is 0 Å². The van der Waals surface area contributed by atoms with Gasteiger partial charge in [-0.05, 0) is 77.6 Å². The molecule has 0 aliphatic heterocycles. The first-order chi connectivity index (χ1) is 12.0. The second-order valence-corrected chi connectivity index (χ2v) is 10.3. The molecule has 26 heavy (non-hydrogen) atoms. The molecule has 4 aliphatic rings. The van der Waals surface area contributed by atoms with Crippen LogP contribution in [-0.2, 0) is 19.0 Å². The molecule has 4 rings (SSSR count). The van der Waals surface area contributed by atoms with E-state index in [1.165, 1.54) is 6.42 Å². The number of ether oxygens (including phenoxy) is 3. The largest absolute Gasteiger partial charge is 0.450 e. The molecule has 4 fully saturated rings. The van der Waals surface area contributed by atoms with Gasteiger partial charge in [-0.1, -0.05) is 20.4 Å². The number of esters is 1. The Bertz CT molecular complexity index is 559. The highest BCUT2D eigenvalue weighted by Crippen LogP contribution is 2.64. The van der Waals surface area contributed by atoms with Gasteiger partial charge in [0.2, 0.25) is 5.79 Å². The molecule has 4 saturated carbocycles. The van der Waals surface area contributed by atoms with E-state index < -0.39 is 11.4 Å². The Kier molecular flexibility index (Phi) is 5.07. The Balaban J connectivity index is 2.04. The van der Waals surface area contributed by atoms with E-state index in [2.05, 4.69) is 41.2 Å².